The molecule has 4 N–H and O–H groups in total. The number of fused-ring (bicyclic) bond motifs is 1. The lowest BCUT2D eigenvalue weighted by Gasteiger charge is -2.38. The standard InChI is InChI=1S/C12H16N2O7/c15-4-6-9(17)10(18)11-5(20-6)3-8(21-11)14-2-1-7(16)13-12(14)19/h1-2,5-6,8-11,15,17-18H,3-4H2,(H,13,16,19)/t5-,6-,8+,9+,10+,11+/m1/s1. The van der Waals surface area contributed by atoms with Crippen LogP contribution in [-0.2, 0) is 9.47 Å². The van der Waals surface area contributed by atoms with Crippen molar-refractivity contribution < 1.29 is 24.8 Å². The molecule has 2 aliphatic rings. The fourth-order valence-corrected chi connectivity index (χ4v) is 2.79. The summed E-state index contributed by atoms with van der Waals surface area (Å²) in [7, 11) is 0. The Labute approximate surface area is 118 Å². The summed E-state index contributed by atoms with van der Waals surface area (Å²) in [5.41, 5.74) is -1.14. The van der Waals surface area contributed by atoms with E-state index in [2.05, 4.69) is 4.98 Å². The lowest BCUT2D eigenvalue weighted by Crippen LogP contribution is -2.57. The summed E-state index contributed by atoms with van der Waals surface area (Å²) < 4.78 is 12.2. The van der Waals surface area contributed by atoms with E-state index in [1.807, 2.05) is 0 Å². The molecule has 2 saturated heterocycles. The number of aliphatic hydroxyl groups excluding tert-OH is 3. The number of nitrogens with zero attached hydrogens (tertiary/aromatic N) is 1. The zero-order valence-corrected chi connectivity index (χ0v) is 11.0. The molecule has 0 aromatic carbocycles. The Hall–Kier alpha value is -1.52. The molecule has 2 aliphatic heterocycles. The maximum atomic E-state index is 11.7. The van der Waals surface area contributed by atoms with Crippen LogP contribution in [0.3, 0.4) is 0 Å². The lowest BCUT2D eigenvalue weighted by molar-refractivity contribution is -0.220. The molecule has 3 rings (SSSR count). The molecular formula is C12H16N2O7. The van der Waals surface area contributed by atoms with Gasteiger partial charge in [0.1, 0.15) is 30.6 Å². The normalized spacial score (nSPS) is 39.2. The Morgan fingerprint density at radius 2 is 2.05 bits per heavy atom. The summed E-state index contributed by atoms with van der Waals surface area (Å²) in [5, 5.41) is 28.9. The lowest BCUT2D eigenvalue weighted by atomic mass is 9.95. The second-order valence-corrected chi connectivity index (χ2v) is 5.19. The minimum Gasteiger partial charge on any atom is -0.394 e. The van der Waals surface area contributed by atoms with Gasteiger partial charge in [0.2, 0.25) is 0 Å². The van der Waals surface area contributed by atoms with Crippen LogP contribution >= 0.6 is 0 Å². The molecule has 9 nitrogen and oxygen atoms in total. The number of nitrogens with one attached hydrogen (secondary N) is 1. The van der Waals surface area contributed by atoms with Gasteiger partial charge < -0.3 is 24.8 Å². The SMILES string of the molecule is O=c1ccn([C@@H]2C[C@H]3O[C@H](CO)[C@H](O)[C@H](O)[C@H]3O2)c(=O)[nH]1. The third-order valence-electron chi connectivity index (χ3n) is 3.87. The van der Waals surface area contributed by atoms with Crippen LogP contribution in [0.2, 0.25) is 0 Å². The Morgan fingerprint density at radius 3 is 2.71 bits per heavy atom. The highest BCUT2D eigenvalue weighted by atomic mass is 16.6. The summed E-state index contributed by atoms with van der Waals surface area (Å²) in [6.07, 6.45) is -3.88. The van der Waals surface area contributed by atoms with Crippen molar-refractivity contribution in [3.63, 3.8) is 0 Å². The molecule has 0 bridgehead atoms. The van der Waals surface area contributed by atoms with Crippen LogP contribution in [0.4, 0.5) is 0 Å². The van der Waals surface area contributed by atoms with Crippen LogP contribution in [0.25, 0.3) is 0 Å². The zero-order chi connectivity index (χ0) is 15.1. The molecule has 6 atom stereocenters. The first-order valence-corrected chi connectivity index (χ1v) is 6.60. The molecule has 0 radical (unpaired) electrons. The van der Waals surface area contributed by atoms with E-state index in [1.165, 1.54) is 16.8 Å². The van der Waals surface area contributed by atoms with Gasteiger partial charge in [-0.1, -0.05) is 0 Å². The van der Waals surface area contributed by atoms with E-state index < -0.39 is 54.6 Å². The van der Waals surface area contributed by atoms with Crippen molar-refractivity contribution in [1.29, 1.82) is 0 Å². The first kappa shape index (κ1) is 14.4. The molecular weight excluding hydrogens is 284 g/mol. The van der Waals surface area contributed by atoms with Crippen molar-refractivity contribution in [2.75, 3.05) is 6.61 Å². The van der Waals surface area contributed by atoms with Crippen molar-refractivity contribution in [1.82, 2.24) is 9.55 Å². The van der Waals surface area contributed by atoms with Gasteiger partial charge in [-0.2, -0.15) is 0 Å². The van der Waals surface area contributed by atoms with Crippen molar-refractivity contribution >= 4 is 0 Å². The van der Waals surface area contributed by atoms with E-state index in [9.17, 15) is 19.8 Å². The number of aliphatic hydroxyl groups is 3. The second kappa shape index (κ2) is 5.35. The molecule has 1 aromatic rings. The van der Waals surface area contributed by atoms with E-state index in [0.717, 1.165) is 0 Å². The highest BCUT2D eigenvalue weighted by Crippen LogP contribution is 2.36. The molecule has 0 saturated carbocycles. The Bertz CT molecular complexity index is 627. The number of hydrogen-bond donors (Lipinski definition) is 4. The molecule has 0 spiro atoms. The smallest absolute Gasteiger partial charge is 0.330 e. The average molecular weight is 300 g/mol. The highest BCUT2D eigenvalue weighted by Gasteiger charge is 2.50. The second-order valence-electron chi connectivity index (χ2n) is 5.19. The first-order chi connectivity index (χ1) is 10.0. The van der Waals surface area contributed by atoms with Gasteiger partial charge in [-0.05, 0) is 0 Å². The molecule has 116 valence electrons. The Kier molecular flexibility index (Phi) is 3.68. The van der Waals surface area contributed by atoms with Gasteiger partial charge in [-0.25, -0.2) is 4.79 Å². The summed E-state index contributed by atoms with van der Waals surface area (Å²) in [4.78, 5) is 24.9. The minimum atomic E-state index is -1.26. The maximum Gasteiger partial charge on any atom is 0.330 e. The van der Waals surface area contributed by atoms with Gasteiger partial charge in [0.25, 0.3) is 5.56 Å². The van der Waals surface area contributed by atoms with Crippen molar-refractivity contribution in [3.05, 3.63) is 33.1 Å². The third kappa shape index (κ3) is 2.43. The monoisotopic (exact) mass is 300 g/mol. The van der Waals surface area contributed by atoms with E-state index in [1.54, 1.807) is 0 Å². The molecule has 9 heteroatoms. The van der Waals surface area contributed by atoms with Crippen LogP contribution in [-0.4, -0.2) is 62.0 Å². The number of aromatic amines is 1. The zero-order valence-electron chi connectivity index (χ0n) is 11.0. The molecule has 3 heterocycles. The summed E-state index contributed by atoms with van der Waals surface area (Å²) in [6, 6.07) is 1.19. The van der Waals surface area contributed by atoms with Crippen LogP contribution in [0.5, 0.6) is 0 Å². The Balaban J connectivity index is 1.84. The molecule has 0 aliphatic carbocycles. The first-order valence-electron chi connectivity index (χ1n) is 6.60. The molecule has 0 unspecified atom stereocenters. The topological polar surface area (TPSA) is 134 Å². The molecule has 21 heavy (non-hydrogen) atoms. The number of H-pyrrole nitrogens is 1. The van der Waals surface area contributed by atoms with Gasteiger partial charge >= 0.3 is 5.69 Å². The molecule has 1 aromatic heterocycles. The van der Waals surface area contributed by atoms with Gasteiger partial charge in [0, 0.05) is 18.7 Å². The number of rotatable bonds is 2. The fraction of sp³-hybridized carbons (Fsp3) is 0.667. The summed E-state index contributed by atoms with van der Waals surface area (Å²) in [5.74, 6) is 0. The summed E-state index contributed by atoms with van der Waals surface area (Å²) in [6.45, 7) is -0.426. The fourth-order valence-electron chi connectivity index (χ4n) is 2.79. The minimum absolute atomic E-state index is 0.261. The van der Waals surface area contributed by atoms with Crippen LogP contribution < -0.4 is 11.2 Å². The van der Waals surface area contributed by atoms with Crippen LogP contribution in [0.1, 0.15) is 12.6 Å². The average Bonchev–Trinajstić information content (AvgIpc) is 2.86. The maximum absolute atomic E-state index is 11.7. The quantitative estimate of drug-likeness (QED) is 0.467. The largest absolute Gasteiger partial charge is 0.394 e. The molecule has 2 fully saturated rings. The van der Waals surface area contributed by atoms with Crippen molar-refractivity contribution in [3.8, 4) is 0 Å². The predicted molar refractivity (Wildman–Crippen MR) is 67.6 cm³/mol. The summed E-state index contributed by atoms with van der Waals surface area (Å²) >= 11 is 0. The number of hydrogen-bond acceptors (Lipinski definition) is 7. The third-order valence-corrected chi connectivity index (χ3v) is 3.87. The van der Waals surface area contributed by atoms with E-state index >= 15 is 0 Å². The van der Waals surface area contributed by atoms with Gasteiger partial charge in [-0.3, -0.25) is 14.3 Å². The van der Waals surface area contributed by atoms with Gasteiger partial charge in [0.15, 0.2) is 0 Å². The number of ether oxygens (including phenoxy) is 2. The van der Waals surface area contributed by atoms with Gasteiger partial charge in [0.05, 0.1) is 12.7 Å². The van der Waals surface area contributed by atoms with Crippen LogP contribution in [0.15, 0.2) is 21.9 Å². The van der Waals surface area contributed by atoms with E-state index in [4.69, 9.17) is 14.6 Å². The van der Waals surface area contributed by atoms with Crippen molar-refractivity contribution in [2.24, 2.45) is 0 Å². The Morgan fingerprint density at radius 1 is 1.29 bits per heavy atom. The van der Waals surface area contributed by atoms with E-state index in [0.29, 0.717) is 0 Å². The predicted octanol–water partition coefficient (Wildman–Crippen LogP) is -2.69. The number of aromatic nitrogens is 2. The molecule has 0 amide bonds. The van der Waals surface area contributed by atoms with Crippen molar-refractivity contribution in [2.45, 2.75) is 43.2 Å². The van der Waals surface area contributed by atoms with Gasteiger partial charge in [-0.15, -0.1) is 0 Å². The highest BCUT2D eigenvalue weighted by molar-refractivity contribution is 4.98. The van der Waals surface area contributed by atoms with E-state index in [-0.39, 0.29) is 6.42 Å². The van der Waals surface area contributed by atoms with Crippen LogP contribution in [0, 0.1) is 0 Å².